The maximum Gasteiger partial charge on any atom is 0.147 e. The summed E-state index contributed by atoms with van der Waals surface area (Å²) in [6.07, 6.45) is 3.11. The minimum absolute atomic E-state index is 0.302. The second-order valence-corrected chi connectivity index (χ2v) is 6.23. The highest BCUT2D eigenvalue weighted by molar-refractivity contribution is 7.90. The van der Waals surface area contributed by atoms with Gasteiger partial charge in [0.25, 0.3) is 0 Å². The zero-order valence-corrected chi connectivity index (χ0v) is 10.5. The maximum atomic E-state index is 11.0. The fraction of sp³-hybridized carbons (Fsp3) is 1.00. The molecule has 0 radical (unpaired) electrons. The van der Waals surface area contributed by atoms with Crippen LogP contribution in [0.5, 0.6) is 0 Å². The third-order valence-corrected chi connectivity index (χ3v) is 3.51. The summed E-state index contributed by atoms with van der Waals surface area (Å²) in [5.74, 6) is 0.727. The lowest BCUT2D eigenvalue weighted by atomic mass is 9.97. The SMILES string of the molecule is CCNC(CC)C(C)CCS(C)(=O)=O. The molecule has 0 aliphatic carbocycles. The van der Waals surface area contributed by atoms with Gasteiger partial charge < -0.3 is 5.32 Å². The Morgan fingerprint density at radius 2 is 1.86 bits per heavy atom. The molecule has 0 heterocycles. The molecule has 0 rings (SSSR count). The van der Waals surface area contributed by atoms with Crippen LogP contribution in [0.1, 0.15) is 33.6 Å². The van der Waals surface area contributed by atoms with Crippen LogP contribution >= 0.6 is 0 Å². The summed E-state index contributed by atoms with van der Waals surface area (Å²) in [4.78, 5) is 0. The van der Waals surface area contributed by atoms with Gasteiger partial charge in [-0.1, -0.05) is 20.8 Å². The molecule has 4 heteroatoms. The van der Waals surface area contributed by atoms with Crippen LogP contribution in [0.4, 0.5) is 0 Å². The lowest BCUT2D eigenvalue weighted by Gasteiger charge is -2.23. The average Bonchev–Trinajstić information content (AvgIpc) is 2.09. The normalized spacial score (nSPS) is 16.6. The first-order valence-electron chi connectivity index (χ1n) is 5.31. The third kappa shape index (κ3) is 6.38. The first kappa shape index (κ1) is 13.9. The van der Waals surface area contributed by atoms with E-state index in [0.29, 0.717) is 17.7 Å². The first-order valence-corrected chi connectivity index (χ1v) is 7.37. The van der Waals surface area contributed by atoms with Crippen LogP contribution in [0.25, 0.3) is 0 Å². The Morgan fingerprint density at radius 3 is 2.21 bits per heavy atom. The Bertz CT molecular complexity index is 237. The van der Waals surface area contributed by atoms with Gasteiger partial charge in [0.15, 0.2) is 0 Å². The van der Waals surface area contributed by atoms with E-state index in [9.17, 15) is 8.42 Å². The number of rotatable bonds is 7. The predicted molar refractivity (Wildman–Crippen MR) is 61.2 cm³/mol. The van der Waals surface area contributed by atoms with Gasteiger partial charge in [-0.2, -0.15) is 0 Å². The van der Waals surface area contributed by atoms with Crippen molar-refractivity contribution in [1.82, 2.24) is 5.32 Å². The first-order chi connectivity index (χ1) is 6.40. The van der Waals surface area contributed by atoms with Gasteiger partial charge in [-0.25, -0.2) is 8.42 Å². The highest BCUT2D eigenvalue weighted by Gasteiger charge is 2.15. The second-order valence-electron chi connectivity index (χ2n) is 3.97. The Balaban J connectivity index is 3.98. The van der Waals surface area contributed by atoms with Crippen LogP contribution in [0.3, 0.4) is 0 Å². The van der Waals surface area contributed by atoms with E-state index in [-0.39, 0.29) is 0 Å². The number of hydrogen-bond donors (Lipinski definition) is 1. The van der Waals surface area contributed by atoms with E-state index in [1.807, 2.05) is 0 Å². The molecule has 0 aromatic carbocycles. The molecule has 0 aromatic heterocycles. The molecule has 2 unspecified atom stereocenters. The maximum absolute atomic E-state index is 11.0. The van der Waals surface area contributed by atoms with Crippen LogP contribution in [0, 0.1) is 5.92 Å². The molecule has 2 atom stereocenters. The van der Waals surface area contributed by atoms with Crippen molar-refractivity contribution in [3.05, 3.63) is 0 Å². The van der Waals surface area contributed by atoms with E-state index in [1.165, 1.54) is 6.26 Å². The molecule has 3 nitrogen and oxygen atoms in total. The molecule has 0 fully saturated rings. The van der Waals surface area contributed by atoms with Crippen LogP contribution < -0.4 is 5.32 Å². The summed E-state index contributed by atoms with van der Waals surface area (Å²) < 4.78 is 22.0. The quantitative estimate of drug-likeness (QED) is 0.707. The molecular weight excluding hydrogens is 198 g/mol. The van der Waals surface area contributed by atoms with Crippen molar-refractivity contribution in [1.29, 1.82) is 0 Å². The van der Waals surface area contributed by atoms with Gasteiger partial charge in [0.05, 0.1) is 5.75 Å². The van der Waals surface area contributed by atoms with E-state index in [0.717, 1.165) is 19.4 Å². The highest BCUT2D eigenvalue weighted by atomic mass is 32.2. The lowest BCUT2D eigenvalue weighted by molar-refractivity contribution is 0.364. The zero-order chi connectivity index (χ0) is 11.2. The Labute approximate surface area is 88.2 Å². The smallest absolute Gasteiger partial charge is 0.147 e. The molecule has 14 heavy (non-hydrogen) atoms. The lowest BCUT2D eigenvalue weighted by Crippen LogP contribution is -2.35. The van der Waals surface area contributed by atoms with Crippen molar-refractivity contribution in [3.63, 3.8) is 0 Å². The van der Waals surface area contributed by atoms with Crippen molar-refractivity contribution in [2.45, 2.75) is 39.7 Å². The van der Waals surface area contributed by atoms with Crippen molar-refractivity contribution < 1.29 is 8.42 Å². The van der Waals surface area contributed by atoms with E-state index < -0.39 is 9.84 Å². The summed E-state index contributed by atoms with van der Waals surface area (Å²) >= 11 is 0. The largest absolute Gasteiger partial charge is 0.314 e. The van der Waals surface area contributed by atoms with Gasteiger partial charge in [0.2, 0.25) is 0 Å². The van der Waals surface area contributed by atoms with Gasteiger partial charge in [0.1, 0.15) is 9.84 Å². The molecule has 0 amide bonds. The van der Waals surface area contributed by atoms with E-state index in [4.69, 9.17) is 0 Å². The standard InChI is InChI=1S/C10H23NO2S/c1-5-10(11-6-2)9(3)7-8-14(4,12)13/h9-11H,5-8H2,1-4H3. The molecule has 0 bridgehead atoms. The molecule has 86 valence electrons. The molecular formula is C10H23NO2S. The summed E-state index contributed by atoms with van der Waals surface area (Å²) in [6, 6.07) is 0.446. The van der Waals surface area contributed by atoms with Crippen LogP contribution in [-0.4, -0.2) is 33.0 Å². The summed E-state index contributed by atoms with van der Waals surface area (Å²) in [5.41, 5.74) is 0. The zero-order valence-electron chi connectivity index (χ0n) is 9.71. The minimum Gasteiger partial charge on any atom is -0.314 e. The Hall–Kier alpha value is -0.0900. The van der Waals surface area contributed by atoms with Gasteiger partial charge in [-0.3, -0.25) is 0 Å². The number of sulfone groups is 1. The monoisotopic (exact) mass is 221 g/mol. The molecule has 0 aliphatic heterocycles. The minimum atomic E-state index is -2.80. The van der Waals surface area contributed by atoms with Gasteiger partial charge in [-0.15, -0.1) is 0 Å². The number of nitrogens with one attached hydrogen (secondary N) is 1. The number of hydrogen-bond acceptors (Lipinski definition) is 3. The van der Waals surface area contributed by atoms with Crippen molar-refractivity contribution in [3.8, 4) is 0 Å². The molecule has 1 N–H and O–H groups in total. The van der Waals surface area contributed by atoms with Crippen molar-refractivity contribution in [2.75, 3.05) is 18.6 Å². The molecule has 0 saturated carbocycles. The van der Waals surface area contributed by atoms with E-state index >= 15 is 0 Å². The Kier molecular flexibility index (Phi) is 6.36. The second kappa shape index (κ2) is 6.40. The summed E-state index contributed by atoms with van der Waals surface area (Å²) in [6.45, 7) is 7.26. The fourth-order valence-electron chi connectivity index (χ4n) is 1.61. The fourth-order valence-corrected chi connectivity index (χ4v) is 2.41. The van der Waals surface area contributed by atoms with Gasteiger partial charge in [-0.05, 0) is 25.3 Å². The van der Waals surface area contributed by atoms with Crippen LogP contribution in [0.2, 0.25) is 0 Å². The topological polar surface area (TPSA) is 46.2 Å². The van der Waals surface area contributed by atoms with E-state index in [2.05, 4.69) is 26.1 Å². The van der Waals surface area contributed by atoms with Crippen molar-refractivity contribution >= 4 is 9.84 Å². The highest BCUT2D eigenvalue weighted by Crippen LogP contribution is 2.12. The van der Waals surface area contributed by atoms with Crippen LogP contribution in [0.15, 0.2) is 0 Å². The van der Waals surface area contributed by atoms with Gasteiger partial charge >= 0.3 is 0 Å². The molecule has 0 saturated heterocycles. The third-order valence-electron chi connectivity index (χ3n) is 2.54. The Morgan fingerprint density at radius 1 is 1.29 bits per heavy atom. The average molecular weight is 221 g/mol. The van der Waals surface area contributed by atoms with Crippen LogP contribution in [-0.2, 0) is 9.84 Å². The summed E-state index contributed by atoms with van der Waals surface area (Å²) in [5, 5.41) is 3.37. The molecule has 0 aromatic rings. The van der Waals surface area contributed by atoms with Gasteiger partial charge in [0, 0.05) is 12.3 Å². The predicted octanol–water partition coefficient (Wildman–Crippen LogP) is 1.45. The summed E-state index contributed by atoms with van der Waals surface area (Å²) in [7, 11) is -2.80. The molecule has 0 spiro atoms. The molecule has 0 aliphatic rings. The van der Waals surface area contributed by atoms with E-state index in [1.54, 1.807) is 0 Å². The van der Waals surface area contributed by atoms with Crippen molar-refractivity contribution in [2.24, 2.45) is 5.92 Å².